The average Bonchev–Trinajstić information content (AvgIpc) is 2.89. The van der Waals surface area contributed by atoms with Crippen LogP contribution >= 0.6 is 0 Å². The fraction of sp³-hybridized carbons (Fsp3) is 0.533. The Morgan fingerprint density at radius 3 is 2.42 bits per heavy atom. The lowest BCUT2D eigenvalue weighted by Gasteiger charge is -2.12. The molecule has 1 N–H and O–H groups in total. The Morgan fingerprint density at radius 1 is 1.21 bits per heavy atom. The molecule has 104 valence electrons. The summed E-state index contributed by atoms with van der Waals surface area (Å²) in [5.74, 6) is 0.561. The van der Waals surface area contributed by atoms with Crippen molar-refractivity contribution in [3.8, 4) is 5.75 Å². The van der Waals surface area contributed by atoms with Crippen LogP contribution in [-0.4, -0.2) is 18.1 Å². The van der Waals surface area contributed by atoms with Gasteiger partial charge in [-0.3, -0.25) is 9.63 Å². The summed E-state index contributed by atoms with van der Waals surface area (Å²) in [6.45, 7) is 3.94. The molecule has 1 fully saturated rings. The van der Waals surface area contributed by atoms with Crippen LogP contribution in [0.5, 0.6) is 5.75 Å². The Bertz CT molecular complexity index is 408. The number of benzene rings is 1. The molecule has 0 aromatic heterocycles. The molecule has 19 heavy (non-hydrogen) atoms. The van der Waals surface area contributed by atoms with E-state index >= 15 is 0 Å². The number of hydrogen-bond donors (Lipinski definition) is 1. The molecule has 0 unspecified atom stereocenters. The van der Waals surface area contributed by atoms with Crippen molar-refractivity contribution < 1.29 is 14.4 Å². The zero-order valence-electron chi connectivity index (χ0n) is 11.5. The van der Waals surface area contributed by atoms with E-state index in [4.69, 9.17) is 9.57 Å². The van der Waals surface area contributed by atoms with E-state index in [1.165, 1.54) is 12.8 Å². The second-order valence-electron chi connectivity index (χ2n) is 5.15. The molecular weight excluding hydrogens is 242 g/mol. The number of amides is 1. The van der Waals surface area contributed by atoms with Crippen LogP contribution in [0, 0.1) is 0 Å². The van der Waals surface area contributed by atoms with E-state index in [1.807, 2.05) is 13.8 Å². The van der Waals surface area contributed by atoms with E-state index in [1.54, 1.807) is 24.3 Å². The smallest absolute Gasteiger partial charge is 0.274 e. The molecule has 1 aliphatic carbocycles. The van der Waals surface area contributed by atoms with E-state index in [9.17, 15) is 4.79 Å². The number of hydroxylamine groups is 1. The van der Waals surface area contributed by atoms with Crippen molar-refractivity contribution in [3.05, 3.63) is 29.8 Å². The fourth-order valence-electron chi connectivity index (χ4n) is 2.16. The van der Waals surface area contributed by atoms with Crippen LogP contribution in [0.4, 0.5) is 0 Å². The molecule has 0 aliphatic heterocycles. The molecule has 1 amide bonds. The lowest BCUT2D eigenvalue weighted by molar-refractivity contribution is -0.0124. The van der Waals surface area contributed by atoms with Crippen molar-refractivity contribution in [2.75, 3.05) is 0 Å². The monoisotopic (exact) mass is 263 g/mol. The number of hydrogen-bond acceptors (Lipinski definition) is 3. The summed E-state index contributed by atoms with van der Waals surface area (Å²) >= 11 is 0. The van der Waals surface area contributed by atoms with E-state index < -0.39 is 0 Å². The first-order valence-corrected chi connectivity index (χ1v) is 6.88. The fourth-order valence-corrected chi connectivity index (χ4v) is 2.16. The minimum absolute atomic E-state index is 0.130. The number of carbonyl (C=O) groups is 1. The SMILES string of the molecule is CC(C)Oc1ccc(C(=O)NOC2CCCC2)cc1. The predicted molar refractivity (Wildman–Crippen MR) is 73.0 cm³/mol. The van der Waals surface area contributed by atoms with Gasteiger partial charge in [-0.25, -0.2) is 5.48 Å². The third-order valence-corrected chi connectivity index (χ3v) is 3.11. The summed E-state index contributed by atoms with van der Waals surface area (Å²) in [6.07, 6.45) is 4.73. The first-order chi connectivity index (χ1) is 9.15. The number of nitrogens with one attached hydrogen (secondary N) is 1. The second kappa shape index (κ2) is 6.57. The molecule has 0 heterocycles. The Hall–Kier alpha value is -1.55. The normalized spacial score (nSPS) is 15.7. The van der Waals surface area contributed by atoms with Gasteiger partial charge in [0.15, 0.2) is 0 Å². The molecule has 1 aliphatic rings. The zero-order chi connectivity index (χ0) is 13.7. The molecular formula is C15H21NO3. The highest BCUT2D eigenvalue weighted by molar-refractivity contribution is 5.93. The Kier molecular flexibility index (Phi) is 4.80. The van der Waals surface area contributed by atoms with E-state index in [0.717, 1.165) is 18.6 Å². The van der Waals surface area contributed by atoms with Gasteiger partial charge in [0.2, 0.25) is 0 Å². The standard InChI is InChI=1S/C15H21NO3/c1-11(2)18-13-9-7-12(8-10-13)15(17)16-19-14-5-3-4-6-14/h7-11,14H,3-6H2,1-2H3,(H,16,17). The van der Waals surface area contributed by atoms with Crippen LogP contribution in [0.25, 0.3) is 0 Å². The molecule has 1 saturated carbocycles. The summed E-state index contributed by atoms with van der Waals surface area (Å²) in [4.78, 5) is 17.2. The molecule has 0 radical (unpaired) electrons. The van der Waals surface area contributed by atoms with Crippen LogP contribution in [0.3, 0.4) is 0 Å². The van der Waals surface area contributed by atoms with Gasteiger partial charge in [0.05, 0.1) is 12.2 Å². The van der Waals surface area contributed by atoms with Crippen molar-refractivity contribution >= 4 is 5.91 Å². The quantitative estimate of drug-likeness (QED) is 0.830. The van der Waals surface area contributed by atoms with Gasteiger partial charge in [0.25, 0.3) is 5.91 Å². The topological polar surface area (TPSA) is 47.6 Å². The minimum Gasteiger partial charge on any atom is -0.491 e. The number of carbonyl (C=O) groups excluding carboxylic acids is 1. The van der Waals surface area contributed by atoms with Crippen LogP contribution in [0.15, 0.2) is 24.3 Å². The van der Waals surface area contributed by atoms with Crippen molar-refractivity contribution in [3.63, 3.8) is 0 Å². The molecule has 2 rings (SSSR count). The molecule has 4 heteroatoms. The van der Waals surface area contributed by atoms with Crippen LogP contribution < -0.4 is 10.2 Å². The maximum atomic E-state index is 11.9. The number of ether oxygens (including phenoxy) is 1. The summed E-state index contributed by atoms with van der Waals surface area (Å²) in [6, 6.07) is 7.07. The van der Waals surface area contributed by atoms with Gasteiger partial charge in [-0.05, 0) is 51.0 Å². The van der Waals surface area contributed by atoms with Crippen molar-refractivity contribution in [2.45, 2.75) is 51.7 Å². The van der Waals surface area contributed by atoms with Gasteiger partial charge in [0.1, 0.15) is 5.75 Å². The largest absolute Gasteiger partial charge is 0.491 e. The van der Waals surface area contributed by atoms with E-state index in [2.05, 4.69) is 5.48 Å². The van der Waals surface area contributed by atoms with Gasteiger partial charge in [0, 0.05) is 5.56 Å². The van der Waals surface area contributed by atoms with Crippen molar-refractivity contribution in [1.82, 2.24) is 5.48 Å². The zero-order valence-corrected chi connectivity index (χ0v) is 11.5. The average molecular weight is 263 g/mol. The van der Waals surface area contributed by atoms with Gasteiger partial charge < -0.3 is 4.74 Å². The number of rotatable bonds is 5. The van der Waals surface area contributed by atoms with Crippen LogP contribution in [0.2, 0.25) is 0 Å². The Morgan fingerprint density at radius 2 is 1.84 bits per heavy atom. The highest BCUT2D eigenvalue weighted by atomic mass is 16.7. The lowest BCUT2D eigenvalue weighted by atomic mass is 10.2. The third kappa shape index (κ3) is 4.24. The lowest BCUT2D eigenvalue weighted by Crippen LogP contribution is -2.28. The predicted octanol–water partition coefficient (Wildman–Crippen LogP) is 3.08. The van der Waals surface area contributed by atoms with Crippen molar-refractivity contribution in [2.24, 2.45) is 0 Å². The van der Waals surface area contributed by atoms with Gasteiger partial charge in [-0.1, -0.05) is 12.8 Å². The minimum atomic E-state index is -0.206. The van der Waals surface area contributed by atoms with Crippen LogP contribution in [0.1, 0.15) is 49.9 Å². The van der Waals surface area contributed by atoms with Gasteiger partial charge in [-0.15, -0.1) is 0 Å². The van der Waals surface area contributed by atoms with Crippen LogP contribution in [-0.2, 0) is 4.84 Å². The van der Waals surface area contributed by atoms with Gasteiger partial charge in [-0.2, -0.15) is 0 Å². The second-order valence-corrected chi connectivity index (χ2v) is 5.15. The molecule has 0 saturated heterocycles. The summed E-state index contributed by atoms with van der Waals surface area (Å²) in [5.41, 5.74) is 3.10. The molecule has 0 spiro atoms. The first kappa shape index (κ1) is 13.9. The van der Waals surface area contributed by atoms with Gasteiger partial charge >= 0.3 is 0 Å². The Balaban J connectivity index is 1.84. The first-order valence-electron chi connectivity index (χ1n) is 6.88. The Labute approximate surface area is 114 Å². The van der Waals surface area contributed by atoms with E-state index in [0.29, 0.717) is 5.56 Å². The summed E-state index contributed by atoms with van der Waals surface area (Å²) < 4.78 is 5.53. The highest BCUT2D eigenvalue weighted by Gasteiger charge is 2.17. The summed E-state index contributed by atoms with van der Waals surface area (Å²) in [7, 11) is 0. The van der Waals surface area contributed by atoms with Crippen molar-refractivity contribution in [1.29, 1.82) is 0 Å². The van der Waals surface area contributed by atoms with E-state index in [-0.39, 0.29) is 18.1 Å². The third-order valence-electron chi connectivity index (χ3n) is 3.11. The highest BCUT2D eigenvalue weighted by Crippen LogP contribution is 2.20. The maximum Gasteiger partial charge on any atom is 0.274 e. The molecule has 1 aromatic rings. The molecule has 0 bridgehead atoms. The molecule has 4 nitrogen and oxygen atoms in total. The molecule has 0 atom stereocenters. The maximum absolute atomic E-state index is 11.9. The summed E-state index contributed by atoms with van der Waals surface area (Å²) in [5, 5.41) is 0. The molecule has 1 aromatic carbocycles.